The Hall–Kier alpha value is -3.30. The number of oxazole rings is 1. The van der Waals surface area contributed by atoms with Crippen molar-refractivity contribution in [2.24, 2.45) is 0 Å². The second-order valence-electron chi connectivity index (χ2n) is 5.20. The molecule has 1 heterocycles. The van der Waals surface area contributed by atoms with Crippen LogP contribution in [0.25, 0.3) is 16.7 Å². The van der Waals surface area contributed by atoms with Crippen molar-refractivity contribution in [2.75, 3.05) is 10.6 Å². The summed E-state index contributed by atoms with van der Waals surface area (Å²) >= 11 is 5.93. The topological polar surface area (TPSA) is 91.0 Å². The van der Waals surface area contributed by atoms with Gasteiger partial charge in [-0.15, -0.1) is 0 Å². The van der Waals surface area contributed by atoms with E-state index >= 15 is 0 Å². The fourth-order valence-electron chi connectivity index (χ4n) is 2.17. The molecule has 2 aromatic carbocycles. The Morgan fingerprint density at radius 1 is 1.24 bits per heavy atom. The number of aromatic nitrogens is 1. The fourth-order valence-corrected chi connectivity index (χ4v) is 2.33. The van der Waals surface area contributed by atoms with Crippen LogP contribution in [0.1, 0.15) is 12.8 Å². The van der Waals surface area contributed by atoms with Crippen LogP contribution in [0.4, 0.5) is 11.4 Å². The molecule has 3 rings (SSSR count). The largest absolute Gasteiger partial charge is 0.435 e. The number of carbonyl (C=O) groups excluding carboxylic acids is 1. The lowest BCUT2D eigenvalue weighted by atomic mass is 10.2. The number of amides is 1. The number of fused-ring (bicyclic) bond motifs is 1. The zero-order valence-electron chi connectivity index (χ0n) is 13.2. The maximum Gasteiger partial charge on any atom is 0.239 e. The first-order valence-corrected chi connectivity index (χ1v) is 7.74. The van der Waals surface area contributed by atoms with Crippen LogP contribution in [-0.4, -0.2) is 10.9 Å². The molecule has 0 saturated heterocycles. The molecule has 2 N–H and O–H groups in total. The van der Waals surface area contributed by atoms with Crippen LogP contribution in [0.3, 0.4) is 0 Å². The number of allylic oxidation sites excluding steroid dienone is 1. The van der Waals surface area contributed by atoms with Crippen molar-refractivity contribution in [3.05, 3.63) is 59.6 Å². The van der Waals surface area contributed by atoms with E-state index in [0.717, 1.165) is 5.69 Å². The molecule has 7 heteroatoms. The van der Waals surface area contributed by atoms with Crippen molar-refractivity contribution >= 4 is 45.6 Å². The summed E-state index contributed by atoms with van der Waals surface area (Å²) in [5.74, 6) is 0.0746. The van der Waals surface area contributed by atoms with E-state index in [4.69, 9.17) is 16.0 Å². The first-order chi connectivity index (χ1) is 12.0. The van der Waals surface area contributed by atoms with E-state index in [0.29, 0.717) is 21.8 Å². The summed E-state index contributed by atoms with van der Waals surface area (Å²) in [5, 5.41) is 15.6. The van der Waals surface area contributed by atoms with Crippen molar-refractivity contribution in [3.63, 3.8) is 0 Å². The Bertz CT molecular complexity index is 1000. The summed E-state index contributed by atoms with van der Waals surface area (Å²) in [4.78, 5) is 15.3. The average Bonchev–Trinajstić information content (AvgIpc) is 2.99. The Morgan fingerprint density at radius 2 is 1.96 bits per heavy atom. The number of anilines is 2. The lowest BCUT2D eigenvalue weighted by molar-refractivity contribution is -0.114. The summed E-state index contributed by atoms with van der Waals surface area (Å²) in [6.45, 7) is 1.45. The fraction of sp³-hybridized carbons (Fsp3) is 0.0556. The summed E-state index contributed by atoms with van der Waals surface area (Å²) in [6, 6.07) is 14.2. The van der Waals surface area contributed by atoms with E-state index < -0.39 is 0 Å². The van der Waals surface area contributed by atoms with Gasteiger partial charge in [0.05, 0.1) is 0 Å². The van der Waals surface area contributed by atoms with Gasteiger partial charge in [-0.2, -0.15) is 5.26 Å². The van der Waals surface area contributed by atoms with Crippen LogP contribution in [0.5, 0.6) is 0 Å². The highest BCUT2D eigenvalue weighted by Crippen LogP contribution is 2.24. The summed E-state index contributed by atoms with van der Waals surface area (Å²) < 4.78 is 5.58. The SMILES string of the molecule is CC(=O)Nc1ccc(NC=C(C#N)c2nc3cc(Cl)ccc3o2)cc1. The molecule has 0 saturated carbocycles. The first-order valence-electron chi connectivity index (χ1n) is 7.36. The zero-order chi connectivity index (χ0) is 17.8. The van der Waals surface area contributed by atoms with Gasteiger partial charge >= 0.3 is 0 Å². The predicted octanol–water partition coefficient (Wildman–Crippen LogP) is 4.42. The monoisotopic (exact) mass is 352 g/mol. The van der Waals surface area contributed by atoms with Crippen LogP contribution >= 0.6 is 11.6 Å². The minimum absolute atomic E-state index is 0.136. The van der Waals surface area contributed by atoms with Crippen LogP contribution in [0.2, 0.25) is 5.02 Å². The van der Waals surface area contributed by atoms with E-state index in [1.165, 1.54) is 13.1 Å². The second kappa shape index (κ2) is 7.07. The molecule has 0 aliphatic heterocycles. The third-order valence-corrected chi connectivity index (χ3v) is 3.52. The average molecular weight is 353 g/mol. The number of hydrogen-bond donors (Lipinski definition) is 2. The van der Waals surface area contributed by atoms with Crippen LogP contribution in [-0.2, 0) is 4.79 Å². The Balaban J connectivity index is 1.80. The molecule has 0 fully saturated rings. The highest BCUT2D eigenvalue weighted by atomic mass is 35.5. The lowest BCUT2D eigenvalue weighted by Gasteiger charge is -2.04. The number of nitrogens with one attached hydrogen (secondary N) is 2. The maximum atomic E-state index is 11.0. The molecule has 0 aliphatic carbocycles. The summed E-state index contributed by atoms with van der Waals surface area (Å²) in [5.41, 5.74) is 2.83. The molecule has 25 heavy (non-hydrogen) atoms. The molecule has 0 unspecified atom stereocenters. The van der Waals surface area contributed by atoms with Crippen molar-refractivity contribution in [1.29, 1.82) is 5.26 Å². The van der Waals surface area contributed by atoms with Crippen LogP contribution < -0.4 is 10.6 Å². The van der Waals surface area contributed by atoms with Crippen LogP contribution in [0.15, 0.2) is 53.1 Å². The maximum absolute atomic E-state index is 11.0. The van der Waals surface area contributed by atoms with Crippen molar-refractivity contribution in [2.45, 2.75) is 6.92 Å². The number of nitriles is 1. The van der Waals surface area contributed by atoms with Crippen LogP contribution in [0, 0.1) is 11.3 Å². The van der Waals surface area contributed by atoms with Gasteiger partial charge in [-0.25, -0.2) is 4.98 Å². The van der Waals surface area contributed by atoms with Crippen molar-refractivity contribution < 1.29 is 9.21 Å². The van der Waals surface area contributed by atoms with Crippen molar-refractivity contribution in [1.82, 2.24) is 4.98 Å². The number of nitrogens with zero attached hydrogens (tertiary/aromatic N) is 2. The van der Waals surface area contributed by atoms with E-state index in [1.54, 1.807) is 42.5 Å². The minimum atomic E-state index is -0.136. The van der Waals surface area contributed by atoms with E-state index in [2.05, 4.69) is 21.7 Å². The molecule has 1 aromatic heterocycles. The molecule has 124 valence electrons. The highest BCUT2D eigenvalue weighted by molar-refractivity contribution is 6.31. The molecule has 6 nitrogen and oxygen atoms in total. The molecular weight excluding hydrogens is 340 g/mol. The van der Waals surface area contributed by atoms with Gasteiger partial charge in [0.2, 0.25) is 11.8 Å². The van der Waals surface area contributed by atoms with E-state index in [-0.39, 0.29) is 17.4 Å². The van der Waals surface area contributed by atoms with E-state index in [9.17, 15) is 10.1 Å². The summed E-state index contributed by atoms with van der Waals surface area (Å²) in [6.07, 6.45) is 1.51. The second-order valence-corrected chi connectivity index (χ2v) is 5.64. The van der Waals surface area contributed by atoms with Crippen molar-refractivity contribution in [3.8, 4) is 6.07 Å². The van der Waals surface area contributed by atoms with Gasteiger partial charge in [0.1, 0.15) is 17.2 Å². The predicted molar refractivity (Wildman–Crippen MR) is 97.0 cm³/mol. The third kappa shape index (κ3) is 3.97. The van der Waals surface area contributed by atoms with Gasteiger partial charge in [-0.3, -0.25) is 4.79 Å². The first kappa shape index (κ1) is 16.6. The number of carbonyl (C=O) groups is 1. The molecule has 3 aromatic rings. The van der Waals surface area contributed by atoms with Gasteiger partial charge in [-0.05, 0) is 42.5 Å². The standard InChI is InChI=1S/C18H13ClN4O2/c1-11(24)22-15-5-3-14(4-6-15)21-10-12(9-20)18-23-16-8-13(19)2-7-17(16)25-18/h2-8,10,21H,1H3,(H,22,24). The van der Waals surface area contributed by atoms with E-state index in [1.807, 2.05) is 0 Å². The van der Waals surface area contributed by atoms with Gasteiger partial charge < -0.3 is 15.1 Å². The smallest absolute Gasteiger partial charge is 0.239 e. The van der Waals surface area contributed by atoms with Gasteiger partial charge in [-0.1, -0.05) is 11.6 Å². The summed E-state index contributed by atoms with van der Waals surface area (Å²) in [7, 11) is 0. The number of hydrogen-bond acceptors (Lipinski definition) is 5. The highest BCUT2D eigenvalue weighted by Gasteiger charge is 2.11. The molecular formula is C18H13ClN4O2. The molecule has 1 amide bonds. The minimum Gasteiger partial charge on any atom is -0.435 e. The normalized spacial score (nSPS) is 11.2. The number of halogens is 1. The lowest BCUT2D eigenvalue weighted by Crippen LogP contribution is -2.05. The Kier molecular flexibility index (Phi) is 4.68. The Labute approximate surface area is 148 Å². The number of benzene rings is 2. The zero-order valence-corrected chi connectivity index (χ0v) is 14.0. The molecule has 0 atom stereocenters. The number of rotatable bonds is 4. The molecule has 0 aliphatic rings. The van der Waals surface area contributed by atoms with Gasteiger partial charge in [0.25, 0.3) is 0 Å². The molecule has 0 spiro atoms. The third-order valence-electron chi connectivity index (χ3n) is 3.29. The Morgan fingerprint density at radius 3 is 2.64 bits per heavy atom. The molecule has 0 radical (unpaired) electrons. The van der Waals surface area contributed by atoms with Gasteiger partial charge in [0.15, 0.2) is 5.58 Å². The molecule has 0 bridgehead atoms. The quantitative estimate of drug-likeness (QED) is 0.678. The van der Waals surface area contributed by atoms with Gasteiger partial charge in [0, 0.05) is 29.5 Å².